The molecule has 150 valence electrons. The minimum atomic E-state index is -0.175. The second-order valence-electron chi connectivity index (χ2n) is 6.78. The maximum Gasteiger partial charge on any atom is 0.274 e. The number of rotatable bonds is 11. The highest BCUT2D eigenvalue weighted by Crippen LogP contribution is 2.07. The van der Waals surface area contributed by atoms with E-state index in [1.54, 1.807) is 23.5 Å². The van der Waals surface area contributed by atoms with E-state index >= 15 is 0 Å². The van der Waals surface area contributed by atoms with Crippen LogP contribution in [-0.4, -0.2) is 44.8 Å². The highest BCUT2D eigenvalue weighted by molar-refractivity contribution is 5.92. The van der Waals surface area contributed by atoms with Gasteiger partial charge in [0.25, 0.3) is 5.91 Å². The van der Waals surface area contributed by atoms with Gasteiger partial charge < -0.3 is 10.2 Å². The number of nitrogens with one attached hydrogen (secondary N) is 1. The monoisotopic (exact) mass is 383 g/mol. The number of amides is 2. The molecule has 0 saturated heterocycles. The smallest absolute Gasteiger partial charge is 0.274 e. The molecule has 2 heterocycles. The standard InChI is InChI=1S/C21H29N5O2/c1-3-4-5-6-12-26(21(28)19-16-23-17(2)14-24-19)13-9-20(27)25-15-18-7-10-22-11-8-18/h7-8,10-11,14,16H,3-6,9,12-13,15H2,1-2H3,(H,25,27). The predicted octanol–water partition coefficient (Wildman–Crippen LogP) is 2.91. The Balaban J connectivity index is 1.89. The molecule has 2 aromatic heterocycles. The summed E-state index contributed by atoms with van der Waals surface area (Å²) in [5.41, 5.74) is 2.07. The minimum Gasteiger partial charge on any atom is -0.352 e. The van der Waals surface area contributed by atoms with Crippen LogP contribution in [0.3, 0.4) is 0 Å². The Morgan fingerprint density at radius 3 is 2.50 bits per heavy atom. The summed E-state index contributed by atoms with van der Waals surface area (Å²) < 4.78 is 0. The minimum absolute atomic E-state index is 0.0850. The molecule has 0 aliphatic carbocycles. The molecule has 28 heavy (non-hydrogen) atoms. The number of aryl methyl sites for hydroxylation is 1. The molecule has 0 radical (unpaired) electrons. The third-order valence-electron chi connectivity index (χ3n) is 4.42. The number of carbonyl (C=O) groups is 2. The summed E-state index contributed by atoms with van der Waals surface area (Å²) in [7, 11) is 0. The molecule has 0 fully saturated rings. The van der Waals surface area contributed by atoms with Gasteiger partial charge in [-0.25, -0.2) is 4.98 Å². The van der Waals surface area contributed by atoms with Crippen LogP contribution in [0.15, 0.2) is 36.9 Å². The van der Waals surface area contributed by atoms with Gasteiger partial charge in [0.05, 0.1) is 11.9 Å². The molecule has 0 aromatic carbocycles. The lowest BCUT2D eigenvalue weighted by atomic mass is 10.2. The Kier molecular flexibility index (Phi) is 9.04. The molecule has 0 atom stereocenters. The molecule has 2 amide bonds. The number of nitrogens with zero attached hydrogens (tertiary/aromatic N) is 4. The fraction of sp³-hybridized carbons (Fsp3) is 0.476. The molecule has 1 N–H and O–H groups in total. The summed E-state index contributed by atoms with van der Waals surface area (Å²) in [6.07, 6.45) is 11.0. The first-order valence-electron chi connectivity index (χ1n) is 9.83. The van der Waals surface area contributed by atoms with Crippen molar-refractivity contribution in [1.29, 1.82) is 0 Å². The van der Waals surface area contributed by atoms with Gasteiger partial charge in [0.1, 0.15) is 5.69 Å². The quantitative estimate of drug-likeness (QED) is 0.603. The first kappa shape index (κ1) is 21.5. The van der Waals surface area contributed by atoms with E-state index < -0.39 is 0 Å². The maximum atomic E-state index is 12.8. The summed E-state index contributed by atoms with van der Waals surface area (Å²) >= 11 is 0. The largest absolute Gasteiger partial charge is 0.352 e. The van der Waals surface area contributed by atoms with Gasteiger partial charge in [-0.1, -0.05) is 26.2 Å². The van der Waals surface area contributed by atoms with Gasteiger partial charge in [-0.2, -0.15) is 0 Å². The van der Waals surface area contributed by atoms with Crippen LogP contribution < -0.4 is 5.32 Å². The van der Waals surface area contributed by atoms with Gasteiger partial charge in [-0.3, -0.25) is 19.6 Å². The fourth-order valence-corrected chi connectivity index (χ4v) is 2.74. The van der Waals surface area contributed by atoms with E-state index in [4.69, 9.17) is 0 Å². The lowest BCUT2D eigenvalue weighted by Gasteiger charge is -2.22. The summed E-state index contributed by atoms with van der Waals surface area (Å²) in [4.78, 5) is 39.0. The molecule has 0 unspecified atom stereocenters. The van der Waals surface area contributed by atoms with Crippen molar-refractivity contribution >= 4 is 11.8 Å². The number of carbonyl (C=O) groups excluding carboxylic acids is 2. The van der Waals surface area contributed by atoms with E-state index in [9.17, 15) is 9.59 Å². The second-order valence-corrected chi connectivity index (χ2v) is 6.78. The molecule has 0 saturated carbocycles. The fourth-order valence-electron chi connectivity index (χ4n) is 2.74. The van der Waals surface area contributed by atoms with Crippen LogP contribution in [0.4, 0.5) is 0 Å². The van der Waals surface area contributed by atoms with Crippen LogP contribution in [0, 0.1) is 6.92 Å². The SMILES string of the molecule is CCCCCCN(CCC(=O)NCc1ccncc1)C(=O)c1cnc(C)cn1. The third kappa shape index (κ3) is 7.42. The third-order valence-corrected chi connectivity index (χ3v) is 4.42. The summed E-state index contributed by atoms with van der Waals surface area (Å²) in [6.45, 7) is 5.42. The highest BCUT2D eigenvalue weighted by atomic mass is 16.2. The Morgan fingerprint density at radius 2 is 1.82 bits per heavy atom. The molecule has 7 nitrogen and oxygen atoms in total. The summed E-state index contributed by atoms with van der Waals surface area (Å²) in [5.74, 6) is -0.260. The van der Waals surface area contributed by atoms with Gasteiger partial charge >= 0.3 is 0 Å². The van der Waals surface area contributed by atoms with Crippen molar-refractivity contribution in [3.05, 3.63) is 53.9 Å². The Hall–Kier alpha value is -2.83. The van der Waals surface area contributed by atoms with E-state index in [0.29, 0.717) is 25.3 Å². The molecular weight excluding hydrogens is 354 g/mol. The van der Waals surface area contributed by atoms with Crippen LogP contribution in [0.25, 0.3) is 0 Å². The van der Waals surface area contributed by atoms with Crippen molar-refractivity contribution < 1.29 is 9.59 Å². The van der Waals surface area contributed by atoms with Gasteiger partial charge in [0.2, 0.25) is 5.91 Å². The Morgan fingerprint density at radius 1 is 1.04 bits per heavy atom. The van der Waals surface area contributed by atoms with Crippen molar-refractivity contribution in [2.75, 3.05) is 13.1 Å². The van der Waals surface area contributed by atoms with Crippen LogP contribution >= 0.6 is 0 Å². The van der Waals surface area contributed by atoms with Gasteiger partial charge in [-0.15, -0.1) is 0 Å². The van der Waals surface area contributed by atoms with E-state index in [2.05, 4.69) is 27.2 Å². The normalized spacial score (nSPS) is 10.5. The van der Waals surface area contributed by atoms with Crippen molar-refractivity contribution in [3.63, 3.8) is 0 Å². The summed E-state index contributed by atoms with van der Waals surface area (Å²) in [6, 6.07) is 3.72. The number of aromatic nitrogens is 3. The number of unbranched alkanes of at least 4 members (excludes halogenated alkanes) is 3. The summed E-state index contributed by atoms with van der Waals surface area (Å²) in [5, 5.41) is 2.88. The van der Waals surface area contributed by atoms with Crippen LogP contribution in [0.5, 0.6) is 0 Å². The van der Waals surface area contributed by atoms with E-state index in [-0.39, 0.29) is 18.2 Å². The van der Waals surface area contributed by atoms with Crippen LogP contribution in [-0.2, 0) is 11.3 Å². The zero-order valence-electron chi connectivity index (χ0n) is 16.7. The van der Waals surface area contributed by atoms with E-state index in [1.807, 2.05) is 19.1 Å². The molecule has 0 aliphatic rings. The molecule has 2 aromatic rings. The Bertz CT molecular complexity index is 734. The van der Waals surface area contributed by atoms with Gasteiger partial charge in [0, 0.05) is 44.6 Å². The zero-order chi connectivity index (χ0) is 20.2. The first-order chi connectivity index (χ1) is 13.6. The van der Waals surface area contributed by atoms with Crippen LogP contribution in [0.2, 0.25) is 0 Å². The van der Waals surface area contributed by atoms with E-state index in [1.165, 1.54) is 6.20 Å². The molecule has 2 rings (SSSR count). The molecule has 7 heteroatoms. The van der Waals surface area contributed by atoms with Crippen LogP contribution in [0.1, 0.15) is 60.8 Å². The lowest BCUT2D eigenvalue weighted by molar-refractivity contribution is -0.121. The zero-order valence-corrected chi connectivity index (χ0v) is 16.7. The average Bonchev–Trinajstić information content (AvgIpc) is 2.72. The molecule has 0 spiro atoms. The Labute approximate surface area is 166 Å². The lowest BCUT2D eigenvalue weighted by Crippen LogP contribution is -2.36. The van der Waals surface area contributed by atoms with Gasteiger partial charge in [0.15, 0.2) is 0 Å². The molecule has 0 aliphatic heterocycles. The predicted molar refractivity (Wildman–Crippen MR) is 108 cm³/mol. The van der Waals surface area contributed by atoms with Crippen molar-refractivity contribution in [2.24, 2.45) is 0 Å². The number of hydrogen-bond acceptors (Lipinski definition) is 5. The van der Waals surface area contributed by atoms with Gasteiger partial charge in [-0.05, 0) is 31.0 Å². The molecular formula is C21H29N5O2. The van der Waals surface area contributed by atoms with Crippen molar-refractivity contribution in [2.45, 2.75) is 52.5 Å². The number of pyridine rings is 1. The highest BCUT2D eigenvalue weighted by Gasteiger charge is 2.18. The first-order valence-corrected chi connectivity index (χ1v) is 9.83. The van der Waals surface area contributed by atoms with Crippen molar-refractivity contribution in [3.8, 4) is 0 Å². The maximum absolute atomic E-state index is 12.8. The average molecular weight is 383 g/mol. The molecule has 0 bridgehead atoms. The number of hydrogen-bond donors (Lipinski definition) is 1. The second kappa shape index (κ2) is 11.8. The topological polar surface area (TPSA) is 88.1 Å². The van der Waals surface area contributed by atoms with E-state index in [0.717, 1.165) is 36.9 Å². The van der Waals surface area contributed by atoms with Crippen molar-refractivity contribution in [1.82, 2.24) is 25.2 Å².